The third kappa shape index (κ3) is 5.89. The molecule has 5 heteroatoms. The Morgan fingerprint density at radius 3 is 2.58 bits per heavy atom. The normalized spacial score (nSPS) is 18.8. The zero-order valence-electron chi connectivity index (χ0n) is 12.6. The van der Waals surface area contributed by atoms with Gasteiger partial charge in [-0.2, -0.15) is 0 Å². The predicted octanol–water partition coefficient (Wildman–Crippen LogP) is 1.03. The highest BCUT2D eigenvalue weighted by molar-refractivity contribution is 5.75. The van der Waals surface area contributed by atoms with E-state index in [9.17, 15) is 4.79 Å². The smallest absolute Gasteiger partial charge is 0.322 e. The molecule has 0 spiro atoms. The lowest BCUT2D eigenvalue weighted by Gasteiger charge is -2.32. The van der Waals surface area contributed by atoms with E-state index in [-0.39, 0.29) is 18.1 Å². The van der Waals surface area contributed by atoms with E-state index in [1.54, 1.807) is 0 Å². The minimum atomic E-state index is -0.215. The summed E-state index contributed by atoms with van der Waals surface area (Å²) in [4.78, 5) is 14.0. The predicted molar refractivity (Wildman–Crippen MR) is 75.2 cm³/mol. The zero-order chi connectivity index (χ0) is 14.3. The first-order valence-electron chi connectivity index (χ1n) is 7.16. The topological polar surface area (TPSA) is 50.8 Å². The summed E-state index contributed by atoms with van der Waals surface area (Å²) in [5.41, 5.74) is 0. The molecule has 1 heterocycles. The number of nitrogens with zero attached hydrogens (tertiary/aromatic N) is 1. The third-order valence-electron chi connectivity index (χ3n) is 3.60. The fraction of sp³-hybridized carbons (Fsp3) is 0.929. The van der Waals surface area contributed by atoms with Crippen molar-refractivity contribution >= 4 is 5.97 Å². The Labute approximate surface area is 116 Å². The highest BCUT2D eigenvalue weighted by Gasteiger charge is 2.23. The molecule has 1 atom stereocenters. The minimum absolute atomic E-state index is 0.172. The minimum Gasteiger partial charge on any atom is -0.468 e. The van der Waals surface area contributed by atoms with Crippen LogP contribution in [0.25, 0.3) is 0 Å². The quantitative estimate of drug-likeness (QED) is 0.702. The first-order valence-corrected chi connectivity index (χ1v) is 7.16. The maximum Gasteiger partial charge on any atom is 0.322 e. The lowest BCUT2D eigenvalue weighted by molar-refractivity contribution is -0.143. The van der Waals surface area contributed by atoms with Crippen LogP contribution >= 0.6 is 0 Å². The fourth-order valence-electron chi connectivity index (χ4n) is 2.46. The number of nitrogens with one attached hydrogen (secondary N) is 1. The lowest BCUT2D eigenvalue weighted by atomic mass is 10.1. The third-order valence-corrected chi connectivity index (χ3v) is 3.60. The van der Waals surface area contributed by atoms with E-state index < -0.39 is 0 Å². The molecule has 112 valence electrons. The largest absolute Gasteiger partial charge is 0.468 e. The number of ether oxygens (including phenoxy) is 2. The van der Waals surface area contributed by atoms with Crippen molar-refractivity contribution in [2.24, 2.45) is 0 Å². The van der Waals surface area contributed by atoms with Crippen LogP contribution in [0.4, 0.5) is 0 Å². The van der Waals surface area contributed by atoms with Gasteiger partial charge in [-0.3, -0.25) is 4.79 Å². The van der Waals surface area contributed by atoms with Crippen LogP contribution in [0, 0.1) is 0 Å². The molecular weight excluding hydrogens is 244 g/mol. The zero-order valence-corrected chi connectivity index (χ0v) is 12.6. The molecule has 0 bridgehead atoms. The molecule has 1 fully saturated rings. The second-order valence-electron chi connectivity index (χ2n) is 5.51. The van der Waals surface area contributed by atoms with E-state index in [1.165, 1.54) is 7.11 Å². The van der Waals surface area contributed by atoms with Crippen LogP contribution in [-0.4, -0.2) is 62.9 Å². The average Bonchev–Trinajstić information content (AvgIpc) is 2.42. The molecule has 0 aromatic heterocycles. The summed E-state index contributed by atoms with van der Waals surface area (Å²) >= 11 is 0. The van der Waals surface area contributed by atoms with Crippen LogP contribution in [0.1, 0.15) is 33.1 Å². The van der Waals surface area contributed by atoms with Gasteiger partial charge in [0.2, 0.25) is 0 Å². The Kier molecular flexibility index (Phi) is 7.34. The second-order valence-corrected chi connectivity index (χ2v) is 5.51. The number of esters is 1. The lowest BCUT2D eigenvalue weighted by Crippen LogP contribution is -2.45. The monoisotopic (exact) mass is 272 g/mol. The van der Waals surface area contributed by atoms with Gasteiger partial charge in [-0.15, -0.1) is 0 Å². The molecule has 0 aromatic rings. The summed E-state index contributed by atoms with van der Waals surface area (Å²) in [7, 11) is 3.57. The van der Waals surface area contributed by atoms with E-state index in [4.69, 9.17) is 9.47 Å². The Balaban J connectivity index is 2.38. The highest BCUT2D eigenvalue weighted by atomic mass is 16.5. The van der Waals surface area contributed by atoms with Crippen LogP contribution < -0.4 is 5.32 Å². The summed E-state index contributed by atoms with van der Waals surface area (Å²) in [6, 6.07) is 0.635. The summed E-state index contributed by atoms with van der Waals surface area (Å²) in [5.74, 6) is -0.172. The number of hydrogen-bond acceptors (Lipinski definition) is 5. The second kappa shape index (κ2) is 8.51. The van der Waals surface area contributed by atoms with Crippen molar-refractivity contribution in [1.82, 2.24) is 10.2 Å². The van der Waals surface area contributed by atoms with Crippen LogP contribution in [0.15, 0.2) is 0 Å². The van der Waals surface area contributed by atoms with Crippen molar-refractivity contribution in [3.8, 4) is 0 Å². The molecule has 1 saturated heterocycles. The maximum atomic E-state index is 11.7. The van der Waals surface area contributed by atoms with Crippen LogP contribution in [0.5, 0.6) is 0 Å². The van der Waals surface area contributed by atoms with Crippen molar-refractivity contribution < 1.29 is 14.3 Å². The van der Waals surface area contributed by atoms with Gasteiger partial charge in [-0.1, -0.05) is 13.8 Å². The molecule has 0 aliphatic carbocycles. The maximum absolute atomic E-state index is 11.7. The molecule has 5 nitrogen and oxygen atoms in total. The SMILES string of the molecule is COC(=O)C(CCN(C)C1CCOCC1)NC(C)C. The first kappa shape index (κ1) is 16.4. The summed E-state index contributed by atoms with van der Waals surface area (Å²) in [5, 5.41) is 3.26. The number of hydrogen-bond donors (Lipinski definition) is 1. The van der Waals surface area contributed by atoms with Crippen molar-refractivity contribution in [2.45, 2.75) is 51.2 Å². The van der Waals surface area contributed by atoms with Gasteiger partial charge in [0, 0.05) is 31.8 Å². The molecule has 1 aliphatic heterocycles. The molecule has 0 amide bonds. The van der Waals surface area contributed by atoms with E-state index in [0.717, 1.165) is 39.0 Å². The van der Waals surface area contributed by atoms with Gasteiger partial charge in [-0.25, -0.2) is 0 Å². The molecule has 19 heavy (non-hydrogen) atoms. The standard InChI is InChI=1S/C14H28N2O3/c1-11(2)15-13(14(17)18-4)5-8-16(3)12-6-9-19-10-7-12/h11-13,15H,5-10H2,1-4H3. The van der Waals surface area contributed by atoms with E-state index in [2.05, 4.69) is 17.3 Å². The first-order chi connectivity index (χ1) is 9.04. The van der Waals surface area contributed by atoms with E-state index in [1.807, 2.05) is 13.8 Å². The molecule has 0 aromatic carbocycles. The van der Waals surface area contributed by atoms with E-state index in [0.29, 0.717) is 6.04 Å². The Morgan fingerprint density at radius 2 is 2.05 bits per heavy atom. The number of carbonyl (C=O) groups is 1. The van der Waals surface area contributed by atoms with Crippen LogP contribution in [-0.2, 0) is 14.3 Å². The molecule has 0 radical (unpaired) electrons. The van der Waals surface area contributed by atoms with Gasteiger partial charge in [-0.05, 0) is 26.3 Å². The Bertz CT molecular complexity index is 265. The van der Waals surface area contributed by atoms with Crippen molar-refractivity contribution in [1.29, 1.82) is 0 Å². The van der Waals surface area contributed by atoms with Crippen LogP contribution in [0.3, 0.4) is 0 Å². The Hall–Kier alpha value is -0.650. The van der Waals surface area contributed by atoms with Gasteiger partial charge in [0.1, 0.15) is 6.04 Å². The highest BCUT2D eigenvalue weighted by Crippen LogP contribution is 2.13. The van der Waals surface area contributed by atoms with Gasteiger partial charge in [0.05, 0.1) is 7.11 Å². The van der Waals surface area contributed by atoms with Crippen molar-refractivity contribution in [3.63, 3.8) is 0 Å². The molecule has 1 rings (SSSR count). The Morgan fingerprint density at radius 1 is 1.42 bits per heavy atom. The van der Waals surface area contributed by atoms with Crippen LogP contribution in [0.2, 0.25) is 0 Å². The van der Waals surface area contributed by atoms with Gasteiger partial charge in [0.15, 0.2) is 0 Å². The fourth-order valence-corrected chi connectivity index (χ4v) is 2.46. The van der Waals surface area contributed by atoms with Gasteiger partial charge in [0.25, 0.3) is 0 Å². The summed E-state index contributed by atoms with van der Waals surface area (Å²) < 4.78 is 10.2. The average molecular weight is 272 g/mol. The summed E-state index contributed by atoms with van der Waals surface area (Å²) in [6.07, 6.45) is 2.94. The van der Waals surface area contributed by atoms with Crippen molar-refractivity contribution in [2.75, 3.05) is 33.9 Å². The van der Waals surface area contributed by atoms with E-state index >= 15 is 0 Å². The molecule has 0 saturated carbocycles. The number of carbonyl (C=O) groups excluding carboxylic acids is 1. The van der Waals surface area contributed by atoms with Crippen molar-refractivity contribution in [3.05, 3.63) is 0 Å². The molecule has 1 unspecified atom stereocenters. The summed E-state index contributed by atoms with van der Waals surface area (Å²) in [6.45, 7) is 6.67. The number of methoxy groups -OCH3 is 1. The molecule has 1 aliphatic rings. The van der Waals surface area contributed by atoms with Gasteiger partial charge < -0.3 is 19.7 Å². The number of rotatable bonds is 7. The molecular formula is C14H28N2O3. The van der Waals surface area contributed by atoms with Gasteiger partial charge >= 0.3 is 5.97 Å². The molecule has 1 N–H and O–H groups in total.